The number of nitrogens with zero attached hydrogens (tertiary/aromatic N) is 3. The Morgan fingerprint density at radius 1 is 1.30 bits per heavy atom. The topological polar surface area (TPSA) is 71.3 Å². The summed E-state index contributed by atoms with van der Waals surface area (Å²) in [7, 11) is 0. The predicted octanol–water partition coefficient (Wildman–Crippen LogP) is 2.70. The minimum Gasteiger partial charge on any atom is -0.364 e. The van der Waals surface area contributed by atoms with Crippen LogP contribution in [0.2, 0.25) is 0 Å². The van der Waals surface area contributed by atoms with E-state index < -0.39 is 5.91 Å². The average Bonchev–Trinajstić information content (AvgIpc) is 3.04. The summed E-state index contributed by atoms with van der Waals surface area (Å²) in [5.41, 5.74) is 10.3. The molecule has 2 aromatic rings. The molecule has 1 atom stereocenters. The van der Waals surface area contributed by atoms with Crippen LogP contribution in [0.5, 0.6) is 0 Å². The van der Waals surface area contributed by atoms with E-state index in [0.717, 1.165) is 28.1 Å². The molecule has 6 heteroatoms. The van der Waals surface area contributed by atoms with Crippen LogP contribution in [0.3, 0.4) is 0 Å². The molecule has 27 heavy (non-hydrogen) atoms. The molecule has 0 saturated heterocycles. The summed E-state index contributed by atoms with van der Waals surface area (Å²) in [6.07, 6.45) is 9.60. The van der Waals surface area contributed by atoms with E-state index in [-0.39, 0.29) is 18.3 Å². The molecule has 5 nitrogen and oxygen atoms in total. The van der Waals surface area contributed by atoms with E-state index in [1.807, 2.05) is 30.5 Å². The Morgan fingerprint density at radius 3 is 2.93 bits per heavy atom. The summed E-state index contributed by atoms with van der Waals surface area (Å²) in [6, 6.07) is 8.88. The van der Waals surface area contributed by atoms with Crippen molar-refractivity contribution in [3.05, 3.63) is 71.7 Å². The van der Waals surface area contributed by atoms with Gasteiger partial charge in [-0.05, 0) is 53.5 Å². The second-order valence-corrected chi connectivity index (χ2v) is 6.58. The highest BCUT2D eigenvalue weighted by Gasteiger charge is 2.28. The number of carbonyl (C=O) groups is 1. The summed E-state index contributed by atoms with van der Waals surface area (Å²) in [6.45, 7) is 1.80. The highest BCUT2D eigenvalue weighted by molar-refractivity contribution is 6.12. The maximum atomic E-state index is 13.6. The zero-order valence-corrected chi connectivity index (χ0v) is 14.8. The van der Waals surface area contributed by atoms with Crippen LogP contribution < -0.4 is 5.73 Å². The minimum absolute atomic E-state index is 0.0210. The van der Waals surface area contributed by atoms with Gasteiger partial charge in [0.05, 0.1) is 5.69 Å². The van der Waals surface area contributed by atoms with Gasteiger partial charge in [-0.2, -0.15) is 0 Å². The Kier molecular flexibility index (Phi) is 4.24. The van der Waals surface area contributed by atoms with E-state index in [2.05, 4.69) is 16.2 Å². The van der Waals surface area contributed by atoms with Crippen molar-refractivity contribution in [2.24, 2.45) is 16.8 Å². The van der Waals surface area contributed by atoms with Crippen LogP contribution in [0.15, 0.2) is 59.9 Å². The second kappa shape index (κ2) is 6.72. The summed E-state index contributed by atoms with van der Waals surface area (Å²) in [5, 5.41) is 4.39. The van der Waals surface area contributed by atoms with E-state index in [1.54, 1.807) is 29.9 Å². The Balaban J connectivity index is 1.72. The highest BCUT2D eigenvalue weighted by atomic mass is 19.1. The van der Waals surface area contributed by atoms with Crippen molar-refractivity contribution in [2.45, 2.75) is 6.92 Å². The van der Waals surface area contributed by atoms with Crippen molar-refractivity contribution in [1.82, 2.24) is 4.98 Å². The van der Waals surface area contributed by atoms with Crippen molar-refractivity contribution in [3.8, 4) is 11.3 Å². The fraction of sp³-hybridized carbons (Fsp3) is 0.143. The number of aromatic nitrogens is 1. The molecule has 2 aliphatic rings. The van der Waals surface area contributed by atoms with Gasteiger partial charge in [-0.25, -0.2) is 4.39 Å². The van der Waals surface area contributed by atoms with Crippen LogP contribution in [-0.4, -0.2) is 34.0 Å². The van der Waals surface area contributed by atoms with Gasteiger partial charge in [0, 0.05) is 17.3 Å². The third kappa shape index (κ3) is 3.33. The normalized spacial score (nSPS) is 17.9. The lowest BCUT2D eigenvalue weighted by molar-refractivity contribution is -0.514. The lowest BCUT2D eigenvalue weighted by Crippen LogP contribution is -2.23. The summed E-state index contributed by atoms with van der Waals surface area (Å²) < 4.78 is 15.2. The zero-order chi connectivity index (χ0) is 19.0. The zero-order valence-electron chi connectivity index (χ0n) is 14.8. The number of rotatable bonds is 4. The number of hydrazone groups is 1. The number of allylic oxidation sites excluding steroid dienone is 4. The van der Waals surface area contributed by atoms with Gasteiger partial charge in [-0.3, -0.25) is 9.78 Å². The molecular formula is C21H18FN4O+. The first kappa shape index (κ1) is 17.0. The predicted molar refractivity (Wildman–Crippen MR) is 103 cm³/mol. The van der Waals surface area contributed by atoms with Gasteiger partial charge >= 0.3 is 0 Å². The summed E-state index contributed by atoms with van der Waals surface area (Å²) in [5.74, 6) is -0.681. The maximum absolute atomic E-state index is 13.6. The molecule has 1 aliphatic heterocycles. The third-order valence-electron chi connectivity index (χ3n) is 4.58. The molecule has 0 saturated carbocycles. The highest BCUT2D eigenvalue weighted by Crippen LogP contribution is 2.32. The maximum Gasteiger partial charge on any atom is 0.285 e. The number of carbonyl (C=O) groups excluding carboxylic acids is 1. The molecule has 0 radical (unpaired) electrons. The molecule has 134 valence electrons. The van der Waals surface area contributed by atoms with Crippen molar-refractivity contribution >= 4 is 23.4 Å². The quantitative estimate of drug-likeness (QED) is 0.851. The second-order valence-electron chi connectivity index (χ2n) is 6.58. The summed E-state index contributed by atoms with van der Waals surface area (Å²) in [4.78, 5) is 15.6. The van der Waals surface area contributed by atoms with Gasteiger partial charge in [0.15, 0.2) is 6.21 Å². The molecule has 2 N–H and O–H groups in total. The smallest absolute Gasteiger partial charge is 0.285 e. The van der Waals surface area contributed by atoms with Crippen LogP contribution >= 0.6 is 0 Å². The van der Waals surface area contributed by atoms with E-state index in [0.29, 0.717) is 5.56 Å². The van der Waals surface area contributed by atoms with Crippen LogP contribution in [0.25, 0.3) is 16.8 Å². The minimum atomic E-state index is -0.427. The van der Waals surface area contributed by atoms with Gasteiger partial charge in [0.2, 0.25) is 0 Å². The number of hydrogen-bond donors (Lipinski definition) is 1. The monoisotopic (exact) mass is 361 g/mol. The first-order valence-corrected chi connectivity index (χ1v) is 8.61. The van der Waals surface area contributed by atoms with E-state index >= 15 is 0 Å². The van der Waals surface area contributed by atoms with E-state index in [9.17, 15) is 9.18 Å². The first-order valence-electron chi connectivity index (χ1n) is 8.61. The molecule has 1 amide bonds. The van der Waals surface area contributed by atoms with Crippen molar-refractivity contribution in [2.75, 3.05) is 6.54 Å². The van der Waals surface area contributed by atoms with E-state index in [4.69, 9.17) is 5.73 Å². The Hall–Kier alpha value is -3.41. The lowest BCUT2D eigenvalue weighted by Gasteiger charge is -2.14. The molecule has 0 fully saturated rings. The number of fused-ring (bicyclic) bond motifs is 1. The van der Waals surface area contributed by atoms with Crippen molar-refractivity contribution in [1.29, 1.82) is 0 Å². The number of amides is 1. The number of nitrogens with two attached hydrogens (primary N) is 1. The van der Waals surface area contributed by atoms with E-state index in [1.165, 1.54) is 6.07 Å². The van der Waals surface area contributed by atoms with Crippen molar-refractivity contribution in [3.63, 3.8) is 0 Å². The Labute approximate surface area is 156 Å². The molecule has 0 spiro atoms. The van der Waals surface area contributed by atoms with Crippen LogP contribution in [0.1, 0.15) is 11.1 Å². The molecule has 1 aliphatic carbocycles. The van der Waals surface area contributed by atoms with Crippen molar-refractivity contribution < 1.29 is 13.9 Å². The van der Waals surface area contributed by atoms with Gasteiger partial charge < -0.3 is 5.73 Å². The number of aryl methyl sites for hydroxylation is 1. The Bertz CT molecular complexity index is 1070. The van der Waals surface area contributed by atoms with Gasteiger partial charge in [0.25, 0.3) is 12.5 Å². The first-order chi connectivity index (χ1) is 13.0. The SMILES string of the molecule is Cc1cc(-c2ncccc2C2=CC3C=[N+](CC(N)=O)N=C3C=C2)ccc1F. The number of pyridine rings is 1. The number of halogens is 1. The molecule has 0 bridgehead atoms. The Morgan fingerprint density at radius 2 is 2.15 bits per heavy atom. The number of benzene rings is 1. The largest absolute Gasteiger partial charge is 0.364 e. The average molecular weight is 361 g/mol. The molecule has 1 aromatic carbocycles. The molecule has 1 unspecified atom stereocenters. The molecule has 4 rings (SSSR count). The van der Waals surface area contributed by atoms with Gasteiger partial charge in [-0.1, -0.05) is 22.9 Å². The third-order valence-corrected chi connectivity index (χ3v) is 4.58. The van der Waals surface area contributed by atoms with Crippen LogP contribution in [-0.2, 0) is 4.79 Å². The number of primary amides is 1. The molecule has 2 heterocycles. The fourth-order valence-electron chi connectivity index (χ4n) is 3.29. The molecular weight excluding hydrogens is 343 g/mol. The van der Waals surface area contributed by atoms with Crippen LogP contribution in [0, 0.1) is 18.7 Å². The lowest BCUT2D eigenvalue weighted by atomic mass is 9.90. The van der Waals surface area contributed by atoms with Gasteiger partial charge in [-0.15, -0.1) is 0 Å². The standard InChI is InChI=1S/C21H17FN4O/c1-13-9-15(4-6-18(13)22)21-17(3-2-8-24-21)14-5-7-19-16(10-14)11-26(25-19)12-20(23)27/h2-11,16H,12H2,1H3,(H-,23,27)/p+1. The molecule has 1 aromatic heterocycles. The van der Waals surface area contributed by atoms with Crippen LogP contribution in [0.4, 0.5) is 4.39 Å². The van der Waals surface area contributed by atoms with Gasteiger partial charge in [0.1, 0.15) is 17.4 Å². The summed E-state index contributed by atoms with van der Waals surface area (Å²) >= 11 is 0. The number of hydrogen-bond acceptors (Lipinski definition) is 3. The fourth-order valence-corrected chi connectivity index (χ4v) is 3.29.